The van der Waals surface area contributed by atoms with Crippen LogP contribution in [0.25, 0.3) is 11.0 Å². The first-order valence-corrected chi connectivity index (χ1v) is 7.48. The summed E-state index contributed by atoms with van der Waals surface area (Å²) in [6.45, 7) is 2.01. The van der Waals surface area contributed by atoms with E-state index in [4.69, 9.17) is 0 Å². The Morgan fingerprint density at radius 1 is 1.29 bits per heavy atom. The minimum Gasteiger partial charge on any atom is -0.333 e. The highest BCUT2D eigenvalue weighted by Gasteiger charge is 2.07. The number of fused-ring (bicyclic) bond motifs is 1. The van der Waals surface area contributed by atoms with E-state index in [0.29, 0.717) is 5.75 Å². The first-order chi connectivity index (χ1) is 10.2. The normalized spacial score (nSPS) is 10.7. The zero-order valence-electron chi connectivity index (χ0n) is 11.5. The van der Waals surface area contributed by atoms with E-state index in [1.807, 2.05) is 37.3 Å². The summed E-state index contributed by atoms with van der Waals surface area (Å²) in [6, 6.07) is 9.58. The average Bonchev–Trinajstić information content (AvgIpc) is 2.90. The Morgan fingerprint density at radius 2 is 2.10 bits per heavy atom. The van der Waals surface area contributed by atoms with Crippen LogP contribution in [0, 0.1) is 6.92 Å². The molecule has 1 aromatic carbocycles. The summed E-state index contributed by atoms with van der Waals surface area (Å²) in [5, 5.41) is 3.58. The van der Waals surface area contributed by atoms with Gasteiger partial charge in [-0.15, -0.1) is 0 Å². The van der Waals surface area contributed by atoms with Crippen molar-refractivity contribution in [3.05, 3.63) is 48.3 Å². The quantitative estimate of drug-likeness (QED) is 0.726. The molecule has 21 heavy (non-hydrogen) atoms. The van der Waals surface area contributed by atoms with Crippen molar-refractivity contribution >= 4 is 34.4 Å². The van der Waals surface area contributed by atoms with Crippen molar-refractivity contribution in [2.75, 3.05) is 11.1 Å². The maximum atomic E-state index is 11.9. The van der Waals surface area contributed by atoms with Crippen molar-refractivity contribution < 1.29 is 4.79 Å². The molecule has 0 saturated carbocycles. The third-order valence-corrected chi connectivity index (χ3v) is 3.81. The van der Waals surface area contributed by atoms with Crippen LogP contribution in [0.4, 0.5) is 5.69 Å². The summed E-state index contributed by atoms with van der Waals surface area (Å²) in [6.07, 6.45) is 3.40. The minimum atomic E-state index is -0.0533. The fraction of sp³-hybridized carbons (Fsp3) is 0.133. The van der Waals surface area contributed by atoms with Crippen LogP contribution in [-0.4, -0.2) is 26.6 Å². The van der Waals surface area contributed by atoms with Gasteiger partial charge < -0.3 is 10.3 Å². The van der Waals surface area contributed by atoms with Crippen molar-refractivity contribution in [1.82, 2.24) is 15.0 Å². The number of aromatic amines is 1. The predicted molar refractivity (Wildman–Crippen MR) is 84.4 cm³/mol. The van der Waals surface area contributed by atoms with E-state index in [0.717, 1.165) is 21.9 Å². The first kappa shape index (κ1) is 13.6. The Kier molecular flexibility index (Phi) is 3.87. The lowest BCUT2D eigenvalue weighted by molar-refractivity contribution is -0.113. The number of nitrogens with one attached hydrogen (secondary N) is 2. The van der Waals surface area contributed by atoms with Crippen molar-refractivity contribution in [2.24, 2.45) is 0 Å². The second-order valence-corrected chi connectivity index (χ2v) is 5.60. The van der Waals surface area contributed by atoms with E-state index >= 15 is 0 Å². The van der Waals surface area contributed by atoms with Crippen LogP contribution in [0.2, 0.25) is 0 Å². The van der Waals surface area contributed by atoms with Crippen LogP contribution in [0.5, 0.6) is 0 Å². The van der Waals surface area contributed by atoms with Gasteiger partial charge in [0.1, 0.15) is 5.52 Å². The molecular formula is C15H14N4OS. The van der Waals surface area contributed by atoms with Gasteiger partial charge in [-0.3, -0.25) is 9.78 Å². The summed E-state index contributed by atoms with van der Waals surface area (Å²) < 4.78 is 0. The number of pyridine rings is 1. The summed E-state index contributed by atoms with van der Waals surface area (Å²) >= 11 is 1.37. The van der Waals surface area contributed by atoms with Crippen LogP contribution < -0.4 is 5.32 Å². The molecule has 0 radical (unpaired) electrons. The van der Waals surface area contributed by atoms with E-state index in [9.17, 15) is 4.79 Å². The van der Waals surface area contributed by atoms with Crippen LogP contribution in [0.3, 0.4) is 0 Å². The molecule has 106 valence electrons. The van der Waals surface area contributed by atoms with Gasteiger partial charge in [0.15, 0.2) is 5.16 Å². The van der Waals surface area contributed by atoms with Gasteiger partial charge in [-0.1, -0.05) is 29.5 Å². The molecule has 5 nitrogen and oxygen atoms in total. The smallest absolute Gasteiger partial charge is 0.234 e. The number of hydrogen-bond donors (Lipinski definition) is 2. The summed E-state index contributed by atoms with van der Waals surface area (Å²) in [4.78, 5) is 23.4. The fourth-order valence-electron chi connectivity index (χ4n) is 1.87. The lowest BCUT2D eigenvalue weighted by Gasteiger charge is -2.04. The summed E-state index contributed by atoms with van der Waals surface area (Å²) in [5.41, 5.74) is 3.70. The van der Waals surface area contributed by atoms with Crippen molar-refractivity contribution in [3.63, 3.8) is 0 Å². The van der Waals surface area contributed by atoms with Crippen LogP contribution in [0.15, 0.2) is 47.9 Å². The monoisotopic (exact) mass is 298 g/mol. The van der Waals surface area contributed by atoms with E-state index < -0.39 is 0 Å². The predicted octanol–water partition coefficient (Wildman–Crippen LogP) is 3.00. The SMILES string of the molecule is Cc1ccc(NC(=O)CSc2nc3cnccc3[nH]2)cc1. The minimum absolute atomic E-state index is 0.0533. The number of carbonyl (C=O) groups is 1. The molecule has 0 bridgehead atoms. The van der Waals surface area contributed by atoms with Gasteiger partial charge in [0.25, 0.3) is 0 Å². The average molecular weight is 298 g/mol. The van der Waals surface area contributed by atoms with Gasteiger partial charge >= 0.3 is 0 Å². The highest BCUT2D eigenvalue weighted by atomic mass is 32.2. The van der Waals surface area contributed by atoms with Gasteiger partial charge in [-0.25, -0.2) is 4.98 Å². The lowest BCUT2D eigenvalue weighted by Crippen LogP contribution is -2.14. The molecule has 2 heterocycles. The van der Waals surface area contributed by atoms with Gasteiger partial charge in [0.05, 0.1) is 17.5 Å². The number of imidazole rings is 1. The number of aryl methyl sites for hydroxylation is 1. The highest BCUT2D eigenvalue weighted by molar-refractivity contribution is 7.99. The Bertz CT molecular complexity index is 734. The Hall–Kier alpha value is -2.34. The molecular weight excluding hydrogens is 284 g/mol. The maximum Gasteiger partial charge on any atom is 0.234 e. The zero-order chi connectivity index (χ0) is 14.7. The van der Waals surface area contributed by atoms with Crippen LogP contribution >= 0.6 is 11.8 Å². The van der Waals surface area contributed by atoms with Gasteiger partial charge in [-0.05, 0) is 25.1 Å². The number of thioether (sulfide) groups is 1. The van der Waals surface area contributed by atoms with Gasteiger partial charge in [0, 0.05) is 11.9 Å². The van der Waals surface area contributed by atoms with E-state index in [1.165, 1.54) is 17.3 Å². The molecule has 3 rings (SSSR count). The van der Waals surface area contributed by atoms with Gasteiger partial charge in [-0.2, -0.15) is 0 Å². The lowest BCUT2D eigenvalue weighted by atomic mass is 10.2. The maximum absolute atomic E-state index is 11.9. The molecule has 3 aromatic rings. The second kappa shape index (κ2) is 5.97. The molecule has 2 N–H and O–H groups in total. The number of rotatable bonds is 4. The molecule has 1 amide bonds. The number of amides is 1. The Balaban J connectivity index is 1.59. The third-order valence-electron chi connectivity index (χ3n) is 2.94. The Morgan fingerprint density at radius 3 is 2.86 bits per heavy atom. The number of benzene rings is 1. The molecule has 0 aliphatic carbocycles. The van der Waals surface area contributed by atoms with Crippen molar-refractivity contribution in [3.8, 4) is 0 Å². The molecule has 0 spiro atoms. The number of hydrogen-bond acceptors (Lipinski definition) is 4. The number of H-pyrrole nitrogens is 1. The zero-order valence-corrected chi connectivity index (χ0v) is 12.3. The first-order valence-electron chi connectivity index (χ1n) is 6.50. The van der Waals surface area contributed by atoms with E-state index in [-0.39, 0.29) is 5.91 Å². The summed E-state index contributed by atoms with van der Waals surface area (Å²) in [7, 11) is 0. The highest BCUT2D eigenvalue weighted by Crippen LogP contribution is 2.18. The molecule has 0 unspecified atom stereocenters. The standard InChI is InChI=1S/C15H14N4OS/c1-10-2-4-11(5-3-10)17-14(20)9-21-15-18-12-6-7-16-8-13(12)19-15/h2-8H,9H2,1H3,(H,17,20)(H,18,19). The molecule has 6 heteroatoms. The number of aromatic nitrogens is 3. The van der Waals surface area contributed by atoms with Crippen LogP contribution in [-0.2, 0) is 4.79 Å². The largest absolute Gasteiger partial charge is 0.333 e. The fourth-order valence-corrected chi connectivity index (χ4v) is 2.55. The van der Waals surface area contributed by atoms with Gasteiger partial charge in [0.2, 0.25) is 5.91 Å². The second-order valence-electron chi connectivity index (χ2n) is 4.64. The van der Waals surface area contributed by atoms with Crippen molar-refractivity contribution in [2.45, 2.75) is 12.1 Å². The molecule has 0 aliphatic rings. The van der Waals surface area contributed by atoms with Crippen LogP contribution in [0.1, 0.15) is 5.56 Å². The Labute approximate surface area is 126 Å². The molecule has 0 aliphatic heterocycles. The third kappa shape index (κ3) is 3.41. The number of nitrogens with zero attached hydrogens (tertiary/aromatic N) is 2. The topological polar surface area (TPSA) is 70.7 Å². The van der Waals surface area contributed by atoms with Crippen molar-refractivity contribution in [1.29, 1.82) is 0 Å². The molecule has 0 fully saturated rings. The number of anilines is 1. The summed E-state index contributed by atoms with van der Waals surface area (Å²) in [5.74, 6) is 0.253. The molecule has 2 aromatic heterocycles. The van der Waals surface area contributed by atoms with E-state index in [1.54, 1.807) is 12.4 Å². The molecule has 0 saturated heterocycles. The number of carbonyl (C=O) groups excluding carboxylic acids is 1. The van der Waals surface area contributed by atoms with E-state index in [2.05, 4.69) is 20.3 Å². The molecule has 0 atom stereocenters.